The number of nitrogens with one attached hydrogen (secondary N) is 1. The summed E-state index contributed by atoms with van der Waals surface area (Å²) in [5.74, 6) is 0.267. The lowest BCUT2D eigenvalue weighted by Gasteiger charge is -2.37. The first-order valence-corrected chi connectivity index (χ1v) is 9.44. The number of likely N-dealkylation sites (N-methyl/N-ethyl adjacent to an activating group) is 1. The largest absolute Gasteiger partial charge is 0.359 e. The predicted molar refractivity (Wildman–Crippen MR) is 107 cm³/mol. The average molecular weight is 346 g/mol. The molecule has 3 nitrogen and oxygen atoms in total. The first-order chi connectivity index (χ1) is 12.5. The summed E-state index contributed by atoms with van der Waals surface area (Å²) in [6, 6.07) is 18.8. The van der Waals surface area contributed by atoms with Gasteiger partial charge >= 0.3 is 0 Å². The fourth-order valence-corrected chi connectivity index (χ4v) is 4.39. The molecule has 0 radical (unpaired) electrons. The van der Waals surface area contributed by atoms with E-state index in [2.05, 4.69) is 79.5 Å². The van der Waals surface area contributed by atoms with Gasteiger partial charge in [-0.1, -0.05) is 56.3 Å². The lowest BCUT2D eigenvalue weighted by atomic mass is 9.73. The second-order valence-corrected chi connectivity index (χ2v) is 8.07. The lowest BCUT2D eigenvalue weighted by Crippen LogP contribution is -2.36. The zero-order valence-corrected chi connectivity index (χ0v) is 15.8. The molecular formula is C23H26N2O. The van der Waals surface area contributed by atoms with Crippen LogP contribution >= 0.6 is 0 Å². The minimum Gasteiger partial charge on any atom is -0.359 e. The number of rotatable bonds is 2. The highest BCUT2D eigenvalue weighted by atomic mass is 16.1. The summed E-state index contributed by atoms with van der Waals surface area (Å²) in [7, 11) is 0. The van der Waals surface area contributed by atoms with E-state index in [1.165, 1.54) is 5.56 Å². The summed E-state index contributed by atoms with van der Waals surface area (Å²) < 4.78 is 0. The molecule has 0 bridgehead atoms. The van der Waals surface area contributed by atoms with Crippen molar-refractivity contribution in [2.45, 2.75) is 39.7 Å². The minimum absolute atomic E-state index is 0.0134. The molecule has 1 unspecified atom stereocenters. The van der Waals surface area contributed by atoms with Crippen molar-refractivity contribution in [3.05, 3.63) is 71.4 Å². The summed E-state index contributed by atoms with van der Waals surface area (Å²) in [4.78, 5) is 15.6. The molecular weight excluding hydrogens is 320 g/mol. The summed E-state index contributed by atoms with van der Waals surface area (Å²) in [5.41, 5.74) is 5.43. The number of carbonyl (C=O) groups excluding carboxylic acids is 1. The normalized spacial score (nSPS) is 21.6. The van der Waals surface area contributed by atoms with Crippen molar-refractivity contribution in [3.63, 3.8) is 0 Å². The Hall–Kier alpha value is -2.55. The highest BCUT2D eigenvalue weighted by Gasteiger charge is 2.40. The molecule has 1 aliphatic heterocycles. The Bertz CT molecular complexity index is 867. The van der Waals surface area contributed by atoms with Crippen molar-refractivity contribution in [2.24, 2.45) is 5.41 Å². The lowest BCUT2D eigenvalue weighted by molar-refractivity contribution is -0.118. The highest BCUT2D eigenvalue weighted by Crippen LogP contribution is 2.47. The van der Waals surface area contributed by atoms with Crippen molar-refractivity contribution >= 4 is 17.2 Å². The van der Waals surface area contributed by atoms with E-state index < -0.39 is 0 Å². The number of hydrogen-bond acceptors (Lipinski definition) is 3. The zero-order valence-electron chi connectivity index (χ0n) is 15.8. The van der Waals surface area contributed by atoms with Gasteiger partial charge in [0.05, 0.1) is 17.4 Å². The van der Waals surface area contributed by atoms with Crippen molar-refractivity contribution in [1.82, 2.24) is 0 Å². The van der Waals surface area contributed by atoms with E-state index in [1.807, 2.05) is 6.07 Å². The Morgan fingerprint density at radius 1 is 1.04 bits per heavy atom. The number of Topliss-reactive ketones (excluding diaryl/α,β-unsaturated/α-hetero) is 1. The second-order valence-electron chi connectivity index (χ2n) is 8.07. The fourth-order valence-electron chi connectivity index (χ4n) is 4.39. The molecule has 2 aromatic carbocycles. The third-order valence-electron chi connectivity index (χ3n) is 5.46. The molecule has 0 spiro atoms. The van der Waals surface area contributed by atoms with Crippen LogP contribution in [0, 0.1) is 5.41 Å². The first-order valence-electron chi connectivity index (χ1n) is 9.44. The maximum Gasteiger partial charge on any atom is 0.163 e. The highest BCUT2D eigenvalue weighted by molar-refractivity contribution is 6.01. The number of para-hydroxylation sites is 2. The standard InChI is InChI=1S/C23H26N2O/c1-4-25-19-13-9-8-12-17(19)24-18-14-23(2,3)15-20(26)21(18)22(25)16-10-6-5-7-11-16/h5-13,22,24H,4,14-15H2,1-3H3. The van der Waals surface area contributed by atoms with Crippen LogP contribution in [-0.2, 0) is 4.79 Å². The topological polar surface area (TPSA) is 32.3 Å². The van der Waals surface area contributed by atoms with Gasteiger partial charge < -0.3 is 10.2 Å². The Morgan fingerprint density at radius 2 is 1.73 bits per heavy atom. The van der Waals surface area contributed by atoms with Crippen LogP contribution in [0.3, 0.4) is 0 Å². The van der Waals surface area contributed by atoms with Gasteiger partial charge in [0.15, 0.2) is 5.78 Å². The maximum absolute atomic E-state index is 13.3. The third kappa shape index (κ3) is 2.82. The van der Waals surface area contributed by atoms with E-state index in [4.69, 9.17) is 0 Å². The van der Waals surface area contributed by atoms with Crippen molar-refractivity contribution in [1.29, 1.82) is 0 Å². The Kier molecular flexibility index (Phi) is 4.10. The van der Waals surface area contributed by atoms with Gasteiger partial charge in [0.2, 0.25) is 0 Å². The zero-order chi connectivity index (χ0) is 18.3. The van der Waals surface area contributed by atoms with Gasteiger partial charge in [-0.15, -0.1) is 0 Å². The summed E-state index contributed by atoms with van der Waals surface area (Å²) in [5, 5.41) is 3.63. The van der Waals surface area contributed by atoms with Crippen LogP contribution in [-0.4, -0.2) is 12.3 Å². The fraction of sp³-hybridized carbons (Fsp3) is 0.348. The van der Waals surface area contributed by atoms with Crippen LogP contribution in [0.5, 0.6) is 0 Å². The van der Waals surface area contributed by atoms with Gasteiger partial charge in [-0.2, -0.15) is 0 Å². The molecule has 1 aliphatic carbocycles. The number of nitrogens with zero attached hydrogens (tertiary/aromatic N) is 1. The number of ketones is 1. The van der Waals surface area contributed by atoms with E-state index in [1.54, 1.807) is 0 Å². The number of benzene rings is 2. The molecule has 4 rings (SSSR count). The van der Waals surface area contributed by atoms with E-state index in [0.29, 0.717) is 6.42 Å². The van der Waals surface area contributed by atoms with E-state index in [0.717, 1.165) is 35.6 Å². The van der Waals surface area contributed by atoms with Crippen LogP contribution < -0.4 is 10.2 Å². The monoisotopic (exact) mass is 346 g/mol. The van der Waals surface area contributed by atoms with E-state index in [-0.39, 0.29) is 17.2 Å². The number of fused-ring (bicyclic) bond motifs is 1. The molecule has 2 aromatic rings. The van der Waals surface area contributed by atoms with E-state index >= 15 is 0 Å². The molecule has 0 fully saturated rings. The van der Waals surface area contributed by atoms with Gasteiger partial charge in [0.25, 0.3) is 0 Å². The Labute approximate surface area is 155 Å². The van der Waals surface area contributed by atoms with Gasteiger partial charge in [0.1, 0.15) is 0 Å². The number of hydrogen-bond donors (Lipinski definition) is 1. The first kappa shape index (κ1) is 16.9. The molecule has 134 valence electrons. The van der Waals surface area contributed by atoms with Gasteiger partial charge in [0, 0.05) is 24.2 Å². The van der Waals surface area contributed by atoms with Gasteiger partial charge in [-0.25, -0.2) is 0 Å². The van der Waals surface area contributed by atoms with Crippen LogP contribution in [0.4, 0.5) is 11.4 Å². The molecule has 0 saturated heterocycles. The van der Waals surface area contributed by atoms with Crippen molar-refractivity contribution in [2.75, 3.05) is 16.8 Å². The maximum atomic E-state index is 13.3. The summed E-state index contributed by atoms with van der Waals surface area (Å²) in [6.07, 6.45) is 1.49. The van der Waals surface area contributed by atoms with Crippen LogP contribution in [0.25, 0.3) is 0 Å². The quantitative estimate of drug-likeness (QED) is 0.798. The van der Waals surface area contributed by atoms with Crippen LogP contribution in [0.1, 0.15) is 45.2 Å². The number of allylic oxidation sites excluding steroid dienone is 1. The average Bonchev–Trinajstić information content (AvgIpc) is 2.75. The minimum atomic E-state index is -0.0454. The van der Waals surface area contributed by atoms with Gasteiger partial charge in [-0.3, -0.25) is 4.79 Å². The Morgan fingerprint density at radius 3 is 2.46 bits per heavy atom. The summed E-state index contributed by atoms with van der Waals surface area (Å²) >= 11 is 0. The molecule has 1 atom stereocenters. The predicted octanol–water partition coefficient (Wildman–Crippen LogP) is 5.32. The SMILES string of the molecule is CCN1c2ccccc2NC2=C(C(=O)CC(C)(C)C2)C1c1ccccc1. The molecule has 2 aliphatic rings. The summed E-state index contributed by atoms with van der Waals surface area (Å²) in [6.45, 7) is 7.37. The smallest absolute Gasteiger partial charge is 0.163 e. The molecule has 3 heteroatoms. The van der Waals surface area contributed by atoms with Crippen molar-refractivity contribution < 1.29 is 4.79 Å². The molecule has 0 aromatic heterocycles. The third-order valence-corrected chi connectivity index (χ3v) is 5.46. The molecule has 1 N–H and O–H groups in total. The number of carbonyl (C=O) groups is 1. The van der Waals surface area contributed by atoms with E-state index in [9.17, 15) is 4.79 Å². The molecule has 0 amide bonds. The van der Waals surface area contributed by atoms with Gasteiger partial charge in [-0.05, 0) is 36.5 Å². The van der Waals surface area contributed by atoms with Crippen LogP contribution in [0.15, 0.2) is 65.9 Å². The Balaban J connectivity index is 1.97. The molecule has 26 heavy (non-hydrogen) atoms. The number of anilines is 2. The second kappa shape index (κ2) is 6.31. The van der Waals surface area contributed by atoms with Crippen molar-refractivity contribution in [3.8, 4) is 0 Å². The van der Waals surface area contributed by atoms with Crippen LogP contribution in [0.2, 0.25) is 0 Å². The molecule has 0 saturated carbocycles. The molecule has 1 heterocycles.